The zero-order valence-corrected chi connectivity index (χ0v) is 26.5. The van der Waals surface area contributed by atoms with Crippen LogP contribution in [0.3, 0.4) is 0 Å². The smallest absolute Gasteiger partial charge is 0.0465 e. The summed E-state index contributed by atoms with van der Waals surface area (Å²) in [7, 11) is 2.39. The number of para-hydroxylation sites is 1. The maximum Gasteiger partial charge on any atom is 0.0465 e. The van der Waals surface area contributed by atoms with E-state index in [9.17, 15) is 0 Å². The first-order valence-corrected chi connectivity index (χ1v) is 17.2. The number of benzene rings is 2. The monoisotopic (exact) mass is 591 g/mol. The van der Waals surface area contributed by atoms with E-state index in [1.54, 1.807) is 0 Å². The molecule has 4 atom stereocenters. The van der Waals surface area contributed by atoms with Gasteiger partial charge in [-0.25, -0.2) is 0 Å². The molecule has 0 saturated carbocycles. The van der Waals surface area contributed by atoms with Crippen molar-refractivity contribution >= 4 is 27.4 Å². The summed E-state index contributed by atoms with van der Waals surface area (Å²) in [4.78, 5) is 6.33. The van der Waals surface area contributed by atoms with Gasteiger partial charge in [0.05, 0.1) is 0 Å². The molecule has 3 aromatic rings. The summed E-state index contributed by atoms with van der Waals surface area (Å²) in [5, 5.41) is 6.60. The van der Waals surface area contributed by atoms with Gasteiger partial charge in [0.15, 0.2) is 0 Å². The van der Waals surface area contributed by atoms with Crippen LogP contribution in [0.5, 0.6) is 0 Å². The lowest BCUT2D eigenvalue weighted by Crippen LogP contribution is -2.50. The second-order valence-corrected chi connectivity index (χ2v) is 13.6. The first kappa shape index (κ1) is 28.4. The van der Waals surface area contributed by atoms with Gasteiger partial charge in [0.2, 0.25) is 0 Å². The van der Waals surface area contributed by atoms with Crippen LogP contribution in [0, 0.1) is 11.8 Å². The summed E-state index contributed by atoms with van der Waals surface area (Å²) in [6.45, 7) is 0. The highest BCUT2D eigenvalue weighted by molar-refractivity contribution is 6.08. The lowest BCUT2D eigenvalue weighted by molar-refractivity contribution is 0.0638. The molecule has 0 amide bonds. The molecule has 2 heterocycles. The maximum atomic E-state index is 3.99. The number of aromatic amines is 1. The fraction of sp³-hybridized carbons (Fsp3) is 0.333. The fourth-order valence-electron chi connectivity index (χ4n) is 8.59. The van der Waals surface area contributed by atoms with Crippen molar-refractivity contribution < 1.29 is 0 Å². The first-order valence-electron chi connectivity index (χ1n) is 17.2. The summed E-state index contributed by atoms with van der Waals surface area (Å²) >= 11 is 0. The lowest BCUT2D eigenvalue weighted by Gasteiger charge is -2.46. The molecule has 0 spiro atoms. The Bertz CT molecular complexity index is 1850. The number of likely N-dealkylation sites (tertiary alicyclic amines) is 1. The molecule has 3 nitrogen and oxygen atoms in total. The number of hydrogen-bond acceptors (Lipinski definition) is 2. The van der Waals surface area contributed by atoms with Crippen LogP contribution >= 0.6 is 0 Å². The number of H-pyrrole nitrogens is 1. The van der Waals surface area contributed by atoms with Crippen molar-refractivity contribution in [3.8, 4) is 0 Å². The molecule has 1 aromatic heterocycles. The summed E-state index contributed by atoms with van der Waals surface area (Å²) < 4.78 is 0. The lowest BCUT2D eigenvalue weighted by atomic mass is 9.79. The molecule has 1 saturated heterocycles. The van der Waals surface area contributed by atoms with Crippen LogP contribution < -0.4 is 5.32 Å². The quantitative estimate of drug-likeness (QED) is 0.299. The maximum absolute atomic E-state index is 3.99. The topological polar surface area (TPSA) is 31.1 Å². The highest BCUT2D eigenvalue weighted by Crippen LogP contribution is 2.39. The Morgan fingerprint density at radius 2 is 1.67 bits per heavy atom. The Balaban J connectivity index is 1.08. The molecule has 228 valence electrons. The van der Waals surface area contributed by atoms with Crippen LogP contribution in [0.1, 0.15) is 63.4 Å². The van der Waals surface area contributed by atoms with Gasteiger partial charge in [-0.1, -0.05) is 85.4 Å². The molecule has 0 bridgehead atoms. The number of nitrogens with one attached hydrogen (secondary N) is 2. The van der Waals surface area contributed by atoms with E-state index in [0.717, 1.165) is 32.1 Å². The van der Waals surface area contributed by atoms with Crippen molar-refractivity contribution in [2.24, 2.45) is 11.8 Å². The van der Waals surface area contributed by atoms with Crippen LogP contribution in [0.15, 0.2) is 132 Å². The minimum absolute atomic E-state index is 0.548. The van der Waals surface area contributed by atoms with E-state index in [4.69, 9.17) is 0 Å². The highest BCUT2D eigenvalue weighted by Gasteiger charge is 2.35. The summed E-state index contributed by atoms with van der Waals surface area (Å²) in [6.07, 6.45) is 36.4. The van der Waals surface area contributed by atoms with Gasteiger partial charge in [0.1, 0.15) is 0 Å². The van der Waals surface area contributed by atoms with E-state index >= 15 is 0 Å². The standard InChI is InChI=1S/C42H45N3/c1-45-41(30-14-6-3-7-15-30)20-11-21-42(45)33-16-10-17-34(26-33)43-39-24-22-31(27-36(39)29-12-4-2-5-13-29)32-23-25-40-37(28-32)35-18-8-9-19-38(35)44-40/h2-4,6-10,12,14,17-19,23,25-28,30,33,41-44H,5,11,13,15-16,20-22,24H2,1H3. The van der Waals surface area contributed by atoms with E-state index in [1.165, 1.54) is 81.2 Å². The fourth-order valence-corrected chi connectivity index (χ4v) is 8.59. The Labute approximate surface area is 268 Å². The number of allylic oxidation sites excluding steroid dienone is 13. The molecule has 8 rings (SSSR count). The molecular weight excluding hydrogens is 546 g/mol. The molecular formula is C42H45N3. The minimum atomic E-state index is 0.548. The normalized spacial score (nSPS) is 27.2. The molecule has 5 aliphatic rings. The van der Waals surface area contributed by atoms with Gasteiger partial charge in [0, 0.05) is 45.3 Å². The summed E-state index contributed by atoms with van der Waals surface area (Å²) in [5.41, 5.74) is 10.7. The highest BCUT2D eigenvalue weighted by atomic mass is 15.2. The first-order chi connectivity index (χ1) is 22.2. The number of rotatable bonds is 6. The minimum Gasteiger partial charge on any atom is -0.359 e. The zero-order chi connectivity index (χ0) is 30.2. The van der Waals surface area contributed by atoms with Gasteiger partial charge in [0.25, 0.3) is 0 Å². The second-order valence-electron chi connectivity index (χ2n) is 13.6. The molecule has 1 fully saturated rings. The largest absolute Gasteiger partial charge is 0.359 e. The number of fused-ring (bicyclic) bond motifs is 3. The van der Waals surface area contributed by atoms with Crippen LogP contribution in [-0.4, -0.2) is 29.0 Å². The second kappa shape index (κ2) is 12.4. The van der Waals surface area contributed by atoms with E-state index in [2.05, 4.69) is 132 Å². The van der Waals surface area contributed by atoms with Crippen molar-refractivity contribution in [3.63, 3.8) is 0 Å². The molecule has 2 aromatic carbocycles. The van der Waals surface area contributed by atoms with Gasteiger partial charge in [-0.15, -0.1) is 0 Å². The van der Waals surface area contributed by atoms with Gasteiger partial charge in [-0.2, -0.15) is 0 Å². The Morgan fingerprint density at radius 3 is 2.53 bits per heavy atom. The third kappa shape index (κ3) is 5.64. The average Bonchev–Trinajstić information content (AvgIpc) is 3.47. The Morgan fingerprint density at radius 1 is 0.800 bits per heavy atom. The predicted octanol–water partition coefficient (Wildman–Crippen LogP) is 10.1. The number of piperidine rings is 1. The van der Waals surface area contributed by atoms with E-state index in [1.807, 2.05) is 0 Å². The third-order valence-electron chi connectivity index (χ3n) is 11.0. The van der Waals surface area contributed by atoms with Crippen LogP contribution in [0.4, 0.5) is 0 Å². The number of aromatic nitrogens is 1. The van der Waals surface area contributed by atoms with Gasteiger partial charge < -0.3 is 10.3 Å². The van der Waals surface area contributed by atoms with Crippen molar-refractivity contribution in [2.45, 2.75) is 69.9 Å². The predicted molar refractivity (Wildman–Crippen MR) is 191 cm³/mol. The molecule has 4 aliphatic carbocycles. The Kier molecular flexibility index (Phi) is 7.81. The van der Waals surface area contributed by atoms with Crippen LogP contribution in [0.2, 0.25) is 0 Å². The van der Waals surface area contributed by atoms with Crippen LogP contribution in [-0.2, 0) is 0 Å². The summed E-state index contributed by atoms with van der Waals surface area (Å²) in [5.74, 6) is 1.20. The van der Waals surface area contributed by atoms with Gasteiger partial charge in [-0.05, 0) is 123 Å². The van der Waals surface area contributed by atoms with Crippen LogP contribution in [0.25, 0.3) is 27.4 Å². The van der Waals surface area contributed by atoms with Crippen molar-refractivity contribution in [2.75, 3.05) is 7.05 Å². The van der Waals surface area contributed by atoms with E-state index < -0.39 is 0 Å². The molecule has 3 heteroatoms. The van der Waals surface area contributed by atoms with Crippen molar-refractivity contribution in [1.82, 2.24) is 15.2 Å². The molecule has 2 N–H and O–H groups in total. The third-order valence-corrected chi connectivity index (χ3v) is 11.0. The Hall–Kier alpha value is -4.08. The summed E-state index contributed by atoms with van der Waals surface area (Å²) in [6, 6.07) is 16.9. The SMILES string of the molecule is CN1C(C2C=CC=CC2)CCCC1C1C=C(NC2=C(C3=CC=CCC3)C=C(c3ccc4[nH]c5ccccc5c4c3)CC2)C=CC1. The van der Waals surface area contributed by atoms with E-state index in [-0.39, 0.29) is 0 Å². The van der Waals surface area contributed by atoms with E-state index in [0.29, 0.717) is 23.9 Å². The molecule has 1 aliphatic heterocycles. The van der Waals surface area contributed by atoms with Gasteiger partial charge >= 0.3 is 0 Å². The molecule has 45 heavy (non-hydrogen) atoms. The number of hydrogen-bond donors (Lipinski definition) is 2. The molecule has 4 unspecified atom stereocenters. The van der Waals surface area contributed by atoms with Crippen molar-refractivity contribution in [1.29, 1.82) is 0 Å². The average molecular weight is 592 g/mol. The molecule has 0 radical (unpaired) electrons. The number of nitrogens with zero attached hydrogens (tertiary/aromatic N) is 1. The van der Waals surface area contributed by atoms with Gasteiger partial charge in [-0.3, -0.25) is 4.90 Å². The zero-order valence-electron chi connectivity index (χ0n) is 26.5. The van der Waals surface area contributed by atoms with Crippen molar-refractivity contribution in [3.05, 3.63) is 137 Å².